The quantitative estimate of drug-likeness (QED) is 0.307. The van der Waals surface area contributed by atoms with E-state index in [2.05, 4.69) is 45.1 Å². The van der Waals surface area contributed by atoms with E-state index in [1.165, 1.54) is 5.56 Å². The van der Waals surface area contributed by atoms with Crippen LogP contribution in [0.15, 0.2) is 103 Å². The number of carbonyl (C=O) groups excluding carboxylic acids is 1. The van der Waals surface area contributed by atoms with Crippen LogP contribution in [0.2, 0.25) is 0 Å². The topological polar surface area (TPSA) is 58.6 Å². The summed E-state index contributed by atoms with van der Waals surface area (Å²) in [4.78, 5) is 12.5. The molecular weight excluding hydrogens is 434 g/mol. The predicted molar refractivity (Wildman–Crippen MR) is 141 cm³/mol. The molecule has 4 nitrogen and oxygen atoms in total. The highest BCUT2D eigenvalue weighted by Crippen LogP contribution is 2.34. The Morgan fingerprint density at radius 1 is 0.629 bits per heavy atom. The number of rotatable bonds is 6. The molecular formula is C31H31NO3. The number of nitrogens with one attached hydrogen (secondary N) is 1. The van der Waals surface area contributed by atoms with Crippen LogP contribution in [0.5, 0.6) is 11.5 Å². The third-order valence-corrected chi connectivity index (χ3v) is 6.72. The summed E-state index contributed by atoms with van der Waals surface area (Å²) in [6, 6.07) is 32.9. The zero-order valence-electron chi connectivity index (χ0n) is 20.6. The SMILES string of the molecule is CC(C)(c1ccc(O)cc1)c1ccc(NC(=O)Oc2ccc(C(C)(C)c3ccccc3)cc2)cc1. The Bertz CT molecular complexity index is 1270. The fourth-order valence-electron chi connectivity index (χ4n) is 4.23. The molecule has 35 heavy (non-hydrogen) atoms. The minimum Gasteiger partial charge on any atom is -0.508 e. The van der Waals surface area contributed by atoms with Gasteiger partial charge in [0.2, 0.25) is 0 Å². The molecule has 1 amide bonds. The summed E-state index contributed by atoms with van der Waals surface area (Å²) in [6.45, 7) is 8.60. The smallest absolute Gasteiger partial charge is 0.417 e. The Balaban J connectivity index is 1.39. The Hall–Kier alpha value is -4.05. The summed E-state index contributed by atoms with van der Waals surface area (Å²) in [5, 5.41) is 12.4. The first kappa shape index (κ1) is 24.1. The normalized spacial score (nSPS) is 11.7. The zero-order chi connectivity index (χ0) is 25.1. The monoisotopic (exact) mass is 465 g/mol. The molecule has 0 bridgehead atoms. The summed E-state index contributed by atoms with van der Waals surface area (Å²) in [5.74, 6) is 0.734. The molecule has 0 radical (unpaired) electrons. The van der Waals surface area contributed by atoms with Gasteiger partial charge in [0.25, 0.3) is 0 Å². The second-order valence-corrected chi connectivity index (χ2v) is 9.78. The van der Waals surface area contributed by atoms with Crippen molar-refractivity contribution in [3.63, 3.8) is 0 Å². The highest BCUT2D eigenvalue weighted by molar-refractivity contribution is 5.86. The standard InChI is InChI=1S/C31H31NO3/c1-30(2,22-8-6-5-7-9-22)25-14-20-28(21-15-25)35-29(34)32-26-16-10-23(11-17-26)31(3,4)24-12-18-27(33)19-13-24/h5-21,33H,1-4H3,(H,32,34). The summed E-state index contributed by atoms with van der Waals surface area (Å²) in [7, 11) is 0. The van der Waals surface area contributed by atoms with Crippen LogP contribution in [-0.2, 0) is 10.8 Å². The van der Waals surface area contributed by atoms with Gasteiger partial charge in [-0.15, -0.1) is 0 Å². The van der Waals surface area contributed by atoms with Crippen LogP contribution in [0, 0.1) is 0 Å². The van der Waals surface area contributed by atoms with E-state index >= 15 is 0 Å². The molecule has 2 N–H and O–H groups in total. The van der Waals surface area contributed by atoms with Crippen LogP contribution in [0.4, 0.5) is 10.5 Å². The van der Waals surface area contributed by atoms with Crippen LogP contribution >= 0.6 is 0 Å². The molecule has 0 fully saturated rings. The van der Waals surface area contributed by atoms with Crippen molar-refractivity contribution in [1.29, 1.82) is 0 Å². The number of anilines is 1. The lowest BCUT2D eigenvalue weighted by molar-refractivity contribution is 0.215. The van der Waals surface area contributed by atoms with Gasteiger partial charge >= 0.3 is 6.09 Å². The van der Waals surface area contributed by atoms with Gasteiger partial charge in [-0.3, -0.25) is 5.32 Å². The molecule has 4 aromatic rings. The van der Waals surface area contributed by atoms with Crippen molar-refractivity contribution in [3.8, 4) is 11.5 Å². The molecule has 0 aliphatic rings. The van der Waals surface area contributed by atoms with E-state index in [-0.39, 0.29) is 16.6 Å². The average molecular weight is 466 g/mol. The molecule has 0 aliphatic carbocycles. The van der Waals surface area contributed by atoms with E-state index in [1.54, 1.807) is 12.1 Å². The van der Waals surface area contributed by atoms with Crippen molar-refractivity contribution in [2.24, 2.45) is 0 Å². The summed E-state index contributed by atoms with van der Waals surface area (Å²) in [6.07, 6.45) is -0.536. The number of phenols is 1. The van der Waals surface area contributed by atoms with Crippen LogP contribution in [0.1, 0.15) is 49.9 Å². The van der Waals surface area contributed by atoms with E-state index in [1.807, 2.05) is 78.9 Å². The maximum Gasteiger partial charge on any atom is 0.417 e. The van der Waals surface area contributed by atoms with Crippen molar-refractivity contribution < 1.29 is 14.6 Å². The molecule has 0 unspecified atom stereocenters. The first-order valence-corrected chi connectivity index (χ1v) is 11.7. The van der Waals surface area contributed by atoms with Gasteiger partial charge in [-0.2, -0.15) is 0 Å². The highest BCUT2D eigenvalue weighted by atomic mass is 16.6. The summed E-state index contributed by atoms with van der Waals surface area (Å²) < 4.78 is 5.50. The van der Waals surface area contributed by atoms with Gasteiger partial charge in [0.15, 0.2) is 0 Å². The molecule has 0 saturated carbocycles. The molecule has 178 valence electrons. The summed E-state index contributed by atoms with van der Waals surface area (Å²) >= 11 is 0. The molecule has 0 spiro atoms. The predicted octanol–water partition coefficient (Wildman–Crippen LogP) is 7.65. The molecule has 0 heterocycles. The number of ether oxygens (including phenoxy) is 1. The van der Waals surface area contributed by atoms with Gasteiger partial charge < -0.3 is 9.84 Å². The van der Waals surface area contributed by atoms with Crippen molar-refractivity contribution in [1.82, 2.24) is 0 Å². The molecule has 4 rings (SSSR count). The number of hydrogen-bond donors (Lipinski definition) is 2. The molecule has 4 heteroatoms. The third-order valence-electron chi connectivity index (χ3n) is 6.72. The maximum absolute atomic E-state index is 12.5. The second kappa shape index (κ2) is 9.67. The number of benzene rings is 4. The van der Waals surface area contributed by atoms with Gasteiger partial charge in [0.05, 0.1) is 0 Å². The van der Waals surface area contributed by atoms with Gasteiger partial charge in [-0.1, -0.05) is 94.4 Å². The number of amides is 1. The molecule has 0 aliphatic heterocycles. The first-order valence-electron chi connectivity index (χ1n) is 11.7. The second-order valence-electron chi connectivity index (χ2n) is 9.78. The van der Waals surface area contributed by atoms with Crippen LogP contribution in [0.25, 0.3) is 0 Å². The van der Waals surface area contributed by atoms with Gasteiger partial charge in [-0.05, 0) is 58.7 Å². The number of carbonyl (C=O) groups is 1. The number of aromatic hydroxyl groups is 1. The lowest BCUT2D eigenvalue weighted by Crippen LogP contribution is -2.20. The Morgan fingerprint density at radius 3 is 1.57 bits per heavy atom. The fraction of sp³-hybridized carbons (Fsp3) is 0.194. The van der Waals surface area contributed by atoms with Crippen molar-refractivity contribution in [2.75, 3.05) is 5.32 Å². The van der Waals surface area contributed by atoms with E-state index in [9.17, 15) is 9.90 Å². The van der Waals surface area contributed by atoms with E-state index in [0.29, 0.717) is 11.4 Å². The fourth-order valence-corrected chi connectivity index (χ4v) is 4.23. The first-order chi connectivity index (χ1) is 16.7. The van der Waals surface area contributed by atoms with Crippen LogP contribution < -0.4 is 10.1 Å². The van der Waals surface area contributed by atoms with Crippen LogP contribution in [0.3, 0.4) is 0 Å². The lowest BCUT2D eigenvalue weighted by atomic mass is 9.78. The summed E-state index contributed by atoms with van der Waals surface area (Å²) in [5.41, 5.74) is 4.81. The Kier molecular flexibility index (Phi) is 6.65. The van der Waals surface area contributed by atoms with E-state index in [4.69, 9.17) is 4.74 Å². The van der Waals surface area contributed by atoms with Crippen molar-refractivity contribution in [3.05, 3.63) is 125 Å². The molecule has 0 saturated heterocycles. The van der Waals surface area contributed by atoms with Gasteiger partial charge in [0, 0.05) is 16.5 Å². The lowest BCUT2D eigenvalue weighted by Gasteiger charge is -2.26. The molecule has 0 atom stereocenters. The van der Waals surface area contributed by atoms with E-state index < -0.39 is 6.09 Å². The molecule has 0 aromatic heterocycles. The maximum atomic E-state index is 12.5. The van der Waals surface area contributed by atoms with Crippen molar-refractivity contribution >= 4 is 11.8 Å². The largest absolute Gasteiger partial charge is 0.508 e. The van der Waals surface area contributed by atoms with E-state index in [0.717, 1.165) is 16.7 Å². The molecule has 4 aromatic carbocycles. The average Bonchev–Trinajstić information content (AvgIpc) is 2.85. The Morgan fingerprint density at radius 2 is 1.06 bits per heavy atom. The van der Waals surface area contributed by atoms with Gasteiger partial charge in [-0.25, -0.2) is 4.79 Å². The van der Waals surface area contributed by atoms with Crippen LogP contribution in [-0.4, -0.2) is 11.2 Å². The Labute approximate surface area is 207 Å². The minimum atomic E-state index is -0.536. The zero-order valence-corrected chi connectivity index (χ0v) is 20.6. The highest BCUT2D eigenvalue weighted by Gasteiger charge is 2.24. The third kappa shape index (κ3) is 5.38. The number of phenolic OH excluding ortho intramolecular Hbond substituents is 1. The van der Waals surface area contributed by atoms with Gasteiger partial charge in [0.1, 0.15) is 11.5 Å². The number of hydrogen-bond acceptors (Lipinski definition) is 3. The van der Waals surface area contributed by atoms with Crippen molar-refractivity contribution in [2.45, 2.75) is 38.5 Å². The minimum absolute atomic E-state index is 0.155.